The zero-order valence-electron chi connectivity index (χ0n) is 35.0. The molecule has 0 atom stereocenters. The lowest BCUT2D eigenvalue weighted by atomic mass is 10.0. The zero-order valence-corrected chi connectivity index (χ0v) is 36.6. The van der Waals surface area contributed by atoms with Gasteiger partial charge >= 0.3 is 5.91 Å². The molecule has 0 saturated carbocycles. The third-order valence-corrected chi connectivity index (χ3v) is 9.58. The van der Waals surface area contributed by atoms with Crippen molar-refractivity contribution in [2.24, 2.45) is 0 Å². The number of carbonyl (C=O) groups excluding carboxylic acids is 1. The van der Waals surface area contributed by atoms with Gasteiger partial charge in [-0.1, -0.05) is 180 Å². The number of allylic oxidation sites excluding steroid dienone is 2. The van der Waals surface area contributed by atoms with Gasteiger partial charge in [-0.15, -0.1) is 0 Å². The number of nitrogens with zero attached hydrogens (tertiary/aromatic N) is 2. The van der Waals surface area contributed by atoms with Gasteiger partial charge in [0.15, 0.2) is 0 Å². The SMILES string of the molecule is CCCCCCCCC=CCCCCCCCCCCCC(=O)[N+](C)(C)C.CCCCCCCCCCCCCCCC[N+](C)(C)C.[Cl-].[Cl-]. The molecule has 298 valence electrons. The van der Waals surface area contributed by atoms with E-state index in [2.05, 4.69) is 47.1 Å². The molecule has 0 spiro atoms. The normalized spacial score (nSPS) is 11.6. The molecule has 0 radical (unpaired) electrons. The van der Waals surface area contributed by atoms with Crippen molar-refractivity contribution in [1.82, 2.24) is 0 Å². The molecule has 0 unspecified atom stereocenters. The minimum Gasteiger partial charge on any atom is -1.00 e. The monoisotopic (exact) mass is 735 g/mol. The van der Waals surface area contributed by atoms with E-state index in [1.54, 1.807) is 0 Å². The van der Waals surface area contributed by atoms with Crippen molar-refractivity contribution < 1.29 is 38.6 Å². The fourth-order valence-electron chi connectivity index (χ4n) is 6.17. The number of rotatable bonds is 34. The van der Waals surface area contributed by atoms with Crippen LogP contribution in [-0.4, -0.2) is 63.7 Å². The summed E-state index contributed by atoms with van der Waals surface area (Å²) in [6.07, 6.45) is 48.7. The fraction of sp³-hybridized carbons (Fsp3) is 0.932. The fourth-order valence-corrected chi connectivity index (χ4v) is 6.17. The van der Waals surface area contributed by atoms with Gasteiger partial charge in [-0.25, -0.2) is 4.79 Å². The van der Waals surface area contributed by atoms with Crippen LogP contribution in [0.25, 0.3) is 0 Å². The van der Waals surface area contributed by atoms with Crippen LogP contribution in [0.2, 0.25) is 0 Å². The summed E-state index contributed by atoms with van der Waals surface area (Å²) in [5, 5.41) is 0. The van der Waals surface area contributed by atoms with Gasteiger partial charge in [0.2, 0.25) is 0 Å². The molecule has 3 nitrogen and oxygen atoms in total. The standard InChI is InChI=1S/C25H50NO.C19H42N.2ClH/c1-5-6-7-8-9-10-11-12-13-14-15-16-17-18-19-20-21-22-23-24-25(27)26(2,3)4;1-5-6-7-8-9-10-11-12-13-14-15-16-17-18-19-20(2,3)4;;/h12-13H,5-11,14-24H2,1-4H3;5-19H2,1-4H3;2*1H/q2*+1;;/p-2. The minimum atomic E-state index is 0. The quantitative estimate of drug-likeness (QED) is 0.0372. The molecule has 0 aromatic carbocycles. The molecule has 5 heteroatoms. The highest BCUT2D eigenvalue weighted by Gasteiger charge is 2.18. The van der Waals surface area contributed by atoms with Crippen molar-refractivity contribution in [1.29, 1.82) is 0 Å². The Kier molecular flexibility index (Phi) is 48.1. The highest BCUT2D eigenvalue weighted by atomic mass is 35.5. The number of quaternary nitrogens is 2. The highest BCUT2D eigenvalue weighted by Crippen LogP contribution is 2.15. The Hall–Kier alpha value is -0.0900. The summed E-state index contributed by atoms with van der Waals surface area (Å²) in [6, 6.07) is 0. The zero-order chi connectivity index (χ0) is 35.3. The molecule has 0 rings (SSSR count). The van der Waals surface area contributed by atoms with Gasteiger partial charge in [0.05, 0.1) is 55.3 Å². The van der Waals surface area contributed by atoms with E-state index < -0.39 is 0 Å². The maximum atomic E-state index is 11.8. The van der Waals surface area contributed by atoms with Crippen LogP contribution in [-0.2, 0) is 4.79 Å². The van der Waals surface area contributed by atoms with E-state index in [4.69, 9.17) is 0 Å². The second-order valence-corrected chi connectivity index (χ2v) is 16.8. The van der Waals surface area contributed by atoms with E-state index in [0.29, 0.717) is 10.4 Å². The van der Waals surface area contributed by atoms with Crippen LogP contribution in [0, 0.1) is 0 Å². The largest absolute Gasteiger partial charge is 1.00 e. The van der Waals surface area contributed by atoms with Crippen molar-refractivity contribution in [3.63, 3.8) is 0 Å². The van der Waals surface area contributed by atoms with E-state index in [1.807, 2.05) is 21.1 Å². The smallest absolute Gasteiger partial charge is 0.313 e. The lowest BCUT2D eigenvalue weighted by molar-refractivity contribution is -0.870. The number of unbranched alkanes of at least 4 members (excludes halogenated alkanes) is 28. The Morgan fingerprint density at radius 2 is 0.653 bits per heavy atom. The van der Waals surface area contributed by atoms with Gasteiger partial charge in [-0.3, -0.25) is 4.48 Å². The molecule has 0 N–H and O–H groups in total. The molecule has 0 aliphatic rings. The van der Waals surface area contributed by atoms with Crippen molar-refractivity contribution in [2.75, 3.05) is 48.8 Å². The Bertz CT molecular complexity index is 654. The van der Waals surface area contributed by atoms with Crippen LogP contribution in [0.4, 0.5) is 0 Å². The Morgan fingerprint density at radius 1 is 0.388 bits per heavy atom. The second kappa shape index (κ2) is 42.3. The maximum Gasteiger partial charge on any atom is 0.313 e. The predicted molar refractivity (Wildman–Crippen MR) is 214 cm³/mol. The van der Waals surface area contributed by atoms with E-state index >= 15 is 0 Å². The number of hydrogen-bond acceptors (Lipinski definition) is 1. The molecular formula is C44H92Cl2N2O. The third kappa shape index (κ3) is 52.4. The Morgan fingerprint density at radius 3 is 0.939 bits per heavy atom. The van der Waals surface area contributed by atoms with Crippen LogP contribution < -0.4 is 24.8 Å². The molecule has 0 aliphatic heterocycles. The summed E-state index contributed by atoms with van der Waals surface area (Å²) >= 11 is 0. The van der Waals surface area contributed by atoms with Crippen LogP contribution >= 0.6 is 0 Å². The minimum absolute atomic E-state index is 0. The first-order valence-corrected chi connectivity index (χ1v) is 21.3. The first kappa shape index (κ1) is 55.7. The van der Waals surface area contributed by atoms with Crippen LogP contribution in [0.1, 0.15) is 219 Å². The van der Waals surface area contributed by atoms with Gasteiger partial charge < -0.3 is 29.3 Å². The molecule has 0 fully saturated rings. The summed E-state index contributed by atoms with van der Waals surface area (Å²) in [5.74, 6) is 0.357. The van der Waals surface area contributed by atoms with Crippen molar-refractivity contribution in [3.8, 4) is 0 Å². The van der Waals surface area contributed by atoms with Crippen LogP contribution in [0.5, 0.6) is 0 Å². The maximum absolute atomic E-state index is 11.8. The topological polar surface area (TPSA) is 17.1 Å². The molecule has 0 bridgehead atoms. The van der Waals surface area contributed by atoms with E-state index in [0.717, 1.165) is 17.3 Å². The average molecular weight is 736 g/mol. The Labute approximate surface area is 323 Å². The van der Waals surface area contributed by atoms with Crippen molar-refractivity contribution in [2.45, 2.75) is 219 Å². The molecule has 0 aromatic heterocycles. The van der Waals surface area contributed by atoms with Gasteiger partial charge in [-0.05, 0) is 44.9 Å². The van der Waals surface area contributed by atoms with Crippen molar-refractivity contribution in [3.05, 3.63) is 12.2 Å². The highest BCUT2D eigenvalue weighted by molar-refractivity contribution is 5.68. The van der Waals surface area contributed by atoms with Crippen molar-refractivity contribution >= 4 is 5.91 Å². The molecule has 0 heterocycles. The predicted octanol–water partition coefficient (Wildman–Crippen LogP) is 8.00. The molecule has 0 aromatic rings. The number of carbonyl (C=O) groups is 1. The molecular weight excluding hydrogens is 643 g/mol. The van der Waals surface area contributed by atoms with Crippen LogP contribution in [0.15, 0.2) is 12.2 Å². The Balaban J connectivity index is -0.000000413. The summed E-state index contributed by atoms with van der Waals surface area (Å²) in [7, 11) is 12.8. The van der Waals surface area contributed by atoms with E-state index in [-0.39, 0.29) is 24.8 Å². The molecule has 0 saturated heterocycles. The summed E-state index contributed by atoms with van der Waals surface area (Å²) < 4.78 is 1.59. The lowest BCUT2D eigenvalue weighted by Gasteiger charge is -2.23. The summed E-state index contributed by atoms with van der Waals surface area (Å²) in [4.78, 5) is 11.8. The van der Waals surface area contributed by atoms with Gasteiger partial charge in [0.1, 0.15) is 0 Å². The number of hydrogen-bond donors (Lipinski definition) is 0. The van der Waals surface area contributed by atoms with Gasteiger partial charge in [0.25, 0.3) is 0 Å². The van der Waals surface area contributed by atoms with E-state index in [9.17, 15) is 4.79 Å². The first-order chi connectivity index (χ1) is 22.5. The van der Waals surface area contributed by atoms with Crippen LogP contribution in [0.3, 0.4) is 0 Å². The van der Waals surface area contributed by atoms with Gasteiger partial charge in [0, 0.05) is 0 Å². The summed E-state index contributed by atoms with van der Waals surface area (Å²) in [6.45, 7) is 5.91. The summed E-state index contributed by atoms with van der Waals surface area (Å²) in [5.41, 5.74) is 0. The number of amides is 1. The third-order valence-electron chi connectivity index (χ3n) is 9.58. The lowest BCUT2D eigenvalue weighted by Crippen LogP contribution is -3.00. The van der Waals surface area contributed by atoms with Gasteiger partial charge in [-0.2, -0.15) is 0 Å². The first-order valence-electron chi connectivity index (χ1n) is 21.3. The molecule has 1 amide bonds. The molecule has 0 aliphatic carbocycles. The second-order valence-electron chi connectivity index (χ2n) is 16.8. The molecule has 49 heavy (non-hydrogen) atoms. The van der Waals surface area contributed by atoms with E-state index in [1.165, 1.54) is 199 Å². The average Bonchev–Trinajstić information content (AvgIpc) is 3.01. The number of halogens is 2.